The molecule has 0 amide bonds. The highest BCUT2D eigenvalue weighted by Gasteiger charge is 2.27. The third-order valence-electron chi connectivity index (χ3n) is 1.98. The lowest BCUT2D eigenvalue weighted by molar-refractivity contribution is -0.411. The lowest BCUT2D eigenvalue weighted by Gasteiger charge is -2.22. The van der Waals surface area contributed by atoms with Gasteiger partial charge in [-0.2, -0.15) is 9.68 Å². The minimum absolute atomic E-state index is 0.0891. The third-order valence-corrected chi connectivity index (χ3v) is 1.98. The summed E-state index contributed by atoms with van der Waals surface area (Å²) in [6, 6.07) is 0. The molecule has 0 saturated carbocycles. The summed E-state index contributed by atoms with van der Waals surface area (Å²) in [7, 11) is 0. The van der Waals surface area contributed by atoms with Crippen molar-refractivity contribution in [1.29, 1.82) is 0 Å². The summed E-state index contributed by atoms with van der Waals surface area (Å²) in [4.78, 5) is 44.1. The van der Waals surface area contributed by atoms with Crippen LogP contribution in [0.1, 0.15) is 61.3 Å². The molecule has 0 aromatic heterocycles. The van der Waals surface area contributed by atoms with Gasteiger partial charge in [0.1, 0.15) is 0 Å². The lowest BCUT2D eigenvalue weighted by Crippen LogP contribution is -2.32. The molecule has 0 aliphatic carbocycles. The van der Waals surface area contributed by atoms with Crippen LogP contribution in [0, 0.1) is 0 Å². The summed E-state index contributed by atoms with van der Waals surface area (Å²) < 4.78 is 4.73. The largest absolute Gasteiger partial charge is 0.552 e. The van der Waals surface area contributed by atoms with Crippen LogP contribution in [0.5, 0.6) is 0 Å². The van der Waals surface area contributed by atoms with E-state index < -0.39 is 23.5 Å². The van der Waals surface area contributed by atoms with E-state index in [-0.39, 0.29) is 5.57 Å². The Kier molecular flexibility index (Phi) is 12.9. The van der Waals surface area contributed by atoms with Crippen LogP contribution in [0.3, 0.4) is 0 Å². The van der Waals surface area contributed by atoms with Crippen molar-refractivity contribution < 1.29 is 44.0 Å². The topological polar surface area (TPSA) is 110 Å². The first-order chi connectivity index (χ1) is 11.3. The molecule has 0 heterocycles. The maximum absolute atomic E-state index is 11.2. The summed E-state index contributed by atoms with van der Waals surface area (Å²) in [6.45, 7) is 15.3. The minimum atomic E-state index is -1.36. The van der Waals surface area contributed by atoms with Crippen molar-refractivity contribution in [3.8, 4) is 0 Å². The fourth-order valence-electron chi connectivity index (χ4n) is 0.765. The van der Waals surface area contributed by atoms with Gasteiger partial charge in [-0.1, -0.05) is 19.9 Å². The lowest BCUT2D eigenvalue weighted by atomic mass is 10.2. The van der Waals surface area contributed by atoms with Gasteiger partial charge in [-0.05, 0) is 34.1 Å². The maximum Gasteiger partial charge on any atom is 0.552 e. The first-order valence-electron chi connectivity index (χ1n) is 7.75. The Balaban J connectivity index is 0. The van der Waals surface area contributed by atoms with Crippen molar-refractivity contribution >= 4 is 12.1 Å². The number of hydrogen-bond acceptors (Lipinski definition) is 9. The van der Waals surface area contributed by atoms with Gasteiger partial charge in [0.15, 0.2) is 0 Å². The molecule has 9 heteroatoms. The Bertz CT molecular complexity index is 410. The zero-order chi connectivity index (χ0) is 20.1. The molecule has 0 aliphatic heterocycles. The second kappa shape index (κ2) is 12.6. The summed E-state index contributed by atoms with van der Waals surface area (Å²) in [5, 5.41) is 7.90. The Morgan fingerprint density at radius 1 is 1.08 bits per heavy atom. The van der Waals surface area contributed by atoms with E-state index >= 15 is 0 Å². The van der Waals surface area contributed by atoms with Crippen LogP contribution in [-0.4, -0.2) is 35.4 Å². The number of rotatable bonds is 7. The standard InChI is InChI=1S/C12H20O7.C4H10O2/c1-6-7-8-15-19-12(4,5)16-11(14)18-17-10(13)9(2)3;1-4(2,3)6-5/h2,6-8H2,1,3-5H3;5H,1-3H3. The molecule has 0 aromatic rings. The van der Waals surface area contributed by atoms with Gasteiger partial charge in [-0.15, -0.1) is 0 Å². The molecule has 9 nitrogen and oxygen atoms in total. The molecule has 1 N–H and O–H groups in total. The highest BCUT2D eigenvalue weighted by Crippen LogP contribution is 2.13. The average molecular weight is 366 g/mol. The van der Waals surface area contributed by atoms with Crippen molar-refractivity contribution in [1.82, 2.24) is 0 Å². The fourth-order valence-corrected chi connectivity index (χ4v) is 0.765. The zero-order valence-electron chi connectivity index (χ0n) is 16.0. The zero-order valence-corrected chi connectivity index (χ0v) is 16.0. The Morgan fingerprint density at radius 3 is 2.00 bits per heavy atom. The van der Waals surface area contributed by atoms with E-state index in [0.29, 0.717) is 6.61 Å². The van der Waals surface area contributed by atoms with Crippen LogP contribution in [-0.2, 0) is 34.0 Å². The number of ether oxygens (including phenoxy) is 1. The Hall–Kier alpha value is -1.68. The molecule has 0 rings (SSSR count). The van der Waals surface area contributed by atoms with Crippen molar-refractivity contribution in [3.63, 3.8) is 0 Å². The van der Waals surface area contributed by atoms with E-state index in [4.69, 9.17) is 19.8 Å². The molecule has 0 spiro atoms. The van der Waals surface area contributed by atoms with Crippen molar-refractivity contribution in [2.45, 2.75) is 72.7 Å². The van der Waals surface area contributed by atoms with Gasteiger partial charge < -0.3 is 4.74 Å². The van der Waals surface area contributed by atoms with Crippen LogP contribution < -0.4 is 0 Å². The van der Waals surface area contributed by atoms with Crippen molar-refractivity contribution in [3.05, 3.63) is 12.2 Å². The van der Waals surface area contributed by atoms with E-state index in [2.05, 4.69) is 21.2 Å². The highest BCUT2D eigenvalue weighted by molar-refractivity contribution is 5.86. The first kappa shape index (κ1) is 25.6. The molecule has 0 saturated heterocycles. The van der Waals surface area contributed by atoms with Crippen LogP contribution in [0.15, 0.2) is 12.2 Å². The smallest absolute Gasteiger partial charge is 0.397 e. The molecule has 0 fully saturated rings. The van der Waals surface area contributed by atoms with Gasteiger partial charge in [0.2, 0.25) is 5.79 Å². The molecule has 148 valence electrons. The number of carbonyl (C=O) groups is 2. The van der Waals surface area contributed by atoms with E-state index in [1.165, 1.54) is 20.8 Å². The van der Waals surface area contributed by atoms with Gasteiger partial charge in [-0.25, -0.2) is 24.3 Å². The molecule has 0 atom stereocenters. The molecular formula is C16H30O9. The van der Waals surface area contributed by atoms with Gasteiger partial charge in [-0.3, -0.25) is 5.26 Å². The van der Waals surface area contributed by atoms with Gasteiger partial charge in [0.05, 0.1) is 12.2 Å². The second-order valence-electron chi connectivity index (χ2n) is 6.45. The average Bonchev–Trinajstić information content (AvgIpc) is 2.48. The monoisotopic (exact) mass is 366 g/mol. The van der Waals surface area contributed by atoms with Crippen molar-refractivity contribution in [2.24, 2.45) is 0 Å². The normalized spacial score (nSPS) is 11.0. The van der Waals surface area contributed by atoms with E-state index in [1.54, 1.807) is 20.8 Å². The van der Waals surface area contributed by atoms with E-state index in [0.717, 1.165) is 12.8 Å². The summed E-state index contributed by atoms with van der Waals surface area (Å²) in [5.74, 6) is -2.23. The quantitative estimate of drug-likeness (QED) is 0.179. The highest BCUT2D eigenvalue weighted by atomic mass is 17.3. The third kappa shape index (κ3) is 18.5. The van der Waals surface area contributed by atoms with Crippen LogP contribution >= 0.6 is 0 Å². The minimum Gasteiger partial charge on any atom is -0.397 e. The van der Waals surface area contributed by atoms with Crippen LogP contribution in [0.4, 0.5) is 4.79 Å². The first-order valence-corrected chi connectivity index (χ1v) is 7.75. The molecule has 0 radical (unpaired) electrons. The summed E-state index contributed by atoms with van der Waals surface area (Å²) >= 11 is 0. The summed E-state index contributed by atoms with van der Waals surface area (Å²) in [6.07, 6.45) is 0.541. The predicted octanol–water partition coefficient (Wildman–Crippen LogP) is 3.93. The van der Waals surface area contributed by atoms with Gasteiger partial charge in [0, 0.05) is 19.4 Å². The fraction of sp³-hybridized carbons (Fsp3) is 0.750. The van der Waals surface area contributed by atoms with Crippen LogP contribution in [0.2, 0.25) is 0 Å². The Morgan fingerprint density at radius 2 is 1.60 bits per heavy atom. The maximum atomic E-state index is 11.2. The molecule has 0 bridgehead atoms. The van der Waals surface area contributed by atoms with Crippen LogP contribution in [0.25, 0.3) is 0 Å². The number of carbonyl (C=O) groups excluding carboxylic acids is 2. The van der Waals surface area contributed by atoms with Gasteiger partial charge in [0.25, 0.3) is 0 Å². The molecule has 0 aliphatic rings. The molecule has 0 aromatic carbocycles. The molecular weight excluding hydrogens is 336 g/mol. The Labute approximate surface area is 148 Å². The van der Waals surface area contributed by atoms with Crippen molar-refractivity contribution in [2.75, 3.05) is 6.61 Å². The SMILES string of the molecule is C=C(C)C(=O)OOC(=O)OC(C)(C)OOCCCC.CC(C)(C)OO. The predicted molar refractivity (Wildman–Crippen MR) is 88.0 cm³/mol. The molecule has 25 heavy (non-hydrogen) atoms. The molecule has 0 unspecified atom stereocenters. The van der Waals surface area contributed by atoms with E-state index in [1.807, 2.05) is 6.92 Å². The number of unbranched alkanes of at least 4 members (excludes halogenated alkanes) is 1. The summed E-state index contributed by atoms with van der Waals surface area (Å²) in [5.41, 5.74) is -0.314. The second-order valence-corrected chi connectivity index (χ2v) is 6.45. The van der Waals surface area contributed by atoms with Gasteiger partial charge >= 0.3 is 12.1 Å². The number of hydrogen-bond donors (Lipinski definition) is 1. The van der Waals surface area contributed by atoms with E-state index in [9.17, 15) is 9.59 Å².